The summed E-state index contributed by atoms with van der Waals surface area (Å²) in [7, 11) is 3.50. The molecule has 0 fully saturated rings. The van der Waals surface area contributed by atoms with Gasteiger partial charge in [0, 0.05) is 17.9 Å². The summed E-state index contributed by atoms with van der Waals surface area (Å²) in [6.45, 7) is 0. The first-order valence-corrected chi connectivity index (χ1v) is 5.48. The summed E-state index contributed by atoms with van der Waals surface area (Å²) in [6, 6.07) is 8.09. The first kappa shape index (κ1) is 18.4. The number of carbonyl (C=O) groups is 2. The molecule has 102 valence electrons. The maximum Gasteiger partial charge on any atom is 0.0634 e. The normalized spacial score (nSPS) is 10.0. The van der Waals surface area contributed by atoms with E-state index in [-0.39, 0.29) is 0 Å². The Morgan fingerprint density at radius 2 is 1.50 bits per heavy atom. The fraction of sp³-hybridized carbons (Fsp3) is 0.333. The molecule has 0 aliphatic carbocycles. The lowest BCUT2D eigenvalue weighted by Crippen LogP contribution is -2.40. The minimum atomic E-state index is -1.40. The van der Waals surface area contributed by atoms with Crippen molar-refractivity contribution < 1.29 is 31.3 Å². The molecule has 0 aliphatic rings. The first-order valence-electron chi connectivity index (χ1n) is 5.48. The van der Waals surface area contributed by atoms with Crippen LogP contribution in [0.25, 0.3) is 0 Å². The number of carbonyl (C=O) groups excluding carboxylic acids is 2. The molecule has 0 aromatic heterocycles. The number of hydrogen-bond acceptors (Lipinski definition) is 4. The maximum absolute atomic E-state index is 10.6. The largest absolute Gasteiger partial charge is 0.550 e. The molecule has 6 N–H and O–H groups in total. The van der Waals surface area contributed by atoms with Gasteiger partial charge < -0.3 is 31.3 Å². The van der Waals surface area contributed by atoms with E-state index in [1.165, 1.54) is 0 Å². The summed E-state index contributed by atoms with van der Waals surface area (Å²) in [6.07, 6.45) is -0.563. The zero-order valence-electron chi connectivity index (χ0n) is 10.7. The van der Waals surface area contributed by atoms with Crippen LogP contribution < -0.4 is 21.7 Å². The molecule has 0 spiro atoms. The molecule has 1 aromatic carbocycles. The first-order chi connectivity index (χ1) is 8.61. The number of rotatable bonds is 4. The van der Waals surface area contributed by atoms with Crippen LogP contribution in [-0.4, -0.2) is 26.0 Å². The van der Waals surface area contributed by atoms with Crippen LogP contribution in [0.5, 0.6) is 0 Å². The highest BCUT2D eigenvalue weighted by molar-refractivity contribution is 5.80. The molecule has 6 heteroatoms. The second-order valence-corrected chi connectivity index (χ2v) is 2.86. The number of quaternary nitrogens is 2. The molecule has 1 atom stereocenters. The predicted octanol–water partition coefficient (Wildman–Crippen LogP) is -3.62. The van der Waals surface area contributed by atoms with E-state index in [0.717, 1.165) is 0 Å². The van der Waals surface area contributed by atoms with Crippen LogP contribution in [0.4, 0.5) is 0 Å². The van der Waals surface area contributed by atoms with Gasteiger partial charge in [-0.05, 0) is 12.0 Å². The van der Waals surface area contributed by atoms with Crippen molar-refractivity contribution in [2.75, 3.05) is 14.1 Å². The van der Waals surface area contributed by atoms with Gasteiger partial charge in [-0.15, -0.1) is 0 Å². The van der Waals surface area contributed by atoms with E-state index < -0.39 is 24.3 Å². The fourth-order valence-electron chi connectivity index (χ4n) is 1.19. The minimum absolute atomic E-state index is 0.414. The van der Waals surface area contributed by atoms with Gasteiger partial charge in [0.05, 0.1) is 14.1 Å². The molecule has 0 radical (unpaired) electrons. The molecule has 18 heavy (non-hydrogen) atoms. The lowest BCUT2D eigenvalue weighted by Gasteiger charge is -2.18. The van der Waals surface area contributed by atoms with Gasteiger partial charge in [0.2, 0.25) is 0 Å². The molecular weight excluding hydrogens is 236 g/mol. The van der Waals surface area contributed by atoms with Crippen LogP contribution in [0.15, 0.2) is 30.3 Å². The standard InChI is InChI=1S/C10H10O4.2CH5N/c11-9(12)6-8(10(13)14)7-4-2-1-3-5-7;2*1-2/h1-5,8H,6H2,(H,11,12)(H,13,14);2*2H2,1H3. The number of benzene rings is 1. The Bertz CT molecular complexity index is 341. The van der Waals surface area contributed by atoms with Gasteiger partial charge in [-0.3, -0.25) is 0 Å². The van der Waals surface area contributed by atoms with Crippen LogP contribution in [-0.2, 0) is 9.59 Å². The summed E-state index contributed by atoms with van der Waals surface area (Å²) in [5.74, 6) is -3.94. The molecule has 0 bridgehead atoms. The average Bonchev–Trinajstić information content (AvgIpc) is 2.41. The van der Waals surface area contributed by atoms with Gasteiger partial charge in [0.25, 0.3) is 0 Å². The smallest absolute Gasteiger partial charge is 0.0634 e. The van der Waals surface area contributed by atoms with Crippen molar-refractivity contribution in [3.8, 4) is 0 Å². The van der Waals surface area contributed by atoms with Crippen molar-refractivity contribution in [1.29, 1.82) is 0 Å². The SMILES string of the molecule is C[NH3+].C[NH3+].O=C([O-])CC(C(=O)[O-])c1ccccc1. The van der Waals surface area contributed by atoms with Crippen molar-refractivity contribution in [1.82, 2.24) is 0 Å². The molecular formula is C12H20N2O4. The predicted molar refractivity (Wildman–Crippen MR) is 61.4 cm³/mol. The van der Waals surface area contributed by atoms with E-state index in [0.29, 0.717) is 5.56 Å². The highest BCUT2D eigenvalue weighted by Gasteiger charge is 2.12. The maximum atomic E-state index is 10.6. The molecule has 0 heterocycles. The van der Waals surface area contributed by atoms with Crippen LogP contribution in [0.3, 0.4) is 0 Å². The lowest BCUT2D eigenvalue weighted by atomic mass is 9.96. The molecule has 0 saturated heterocycles. The van der Waals surface area contributed by atoms with Crippen molar-refractivity contribution in [3.05, 3.63) is 35.9 Å². The number of carboxylic acid groups (broad SMARTS) is 2. The Hall–Kier alpha value is -1.92. The zero-order valence-corrected chi connectivity index (χ0v) is 10.7. The quantitative estimate of drug-likeness (QED) is 0.574. The summed E-state index contributed by atoms with van der Waals surface area (Å²) in [5.41, 5.74) is 6.91. The Morgan fingerprint density at radius 1 is 1.06 bits per heavy atom. The Labute approximate surface area is 106 Å². The van der Waals surface area contributed by atoms with Gasteiger partial charge in [-0.25, -0.2) is 0 Å². The topological polar surface area (TPSA) is 136 Å². The highest BCUT2D eigenvalue weighted by Crippen LogP contribution is 2.17. The minimum Gasteiger partial charge on any atom is -0.550 e. The van der Waals surface area contributed by atoms with E-state index in [1.54, 1.807) is 44.4 Å². The summed E-state index contributed by atoms with van der Waals surface area (Å²) in [4.78, 5) is 20.9. The summed E-state index contributed by atoms with van der Waals surface area (Å²) < 4.78 is 0. The number of hydrogen-bond donors (Lipinski definition) is 2. The Balaban J connectivity index is 0. The lowest BCUT2D eigenvalue weighted by molar-refractivity contribution is -0.325. The van der Waals surface area contributed by atoms with Crippen LogP contribution >= 0.6 is 0 Å². The molecule has 1 rings (SSSR count). The van der Waals surface area contributed by atoms with Gasteiger partial charge in [-0.1, -0.05) is 30.3 Å². The molecule has 6 nitrogen and oxygen atoms in total. The number of aliphatic carboxylic acids is 2. The van der Waals surface area contributed by atoms with Crippen molar-refractivity contribution >= 4 is 11.9 Å². The van der Waals surface area contributed by atoms with E-state index in [9.17, 15) is 19.8 Å². The van der Waals surface area contributed by atoms with E-state index in [1.807, 2.05) is 0 Å². The monoisotopic (exact) mass is 256 g/mol. The van der Waals surface area contributed by atoms with Gasteiger partial charge in [0.15, 0.2) is 0 Å². The van der Waals surface area contributed by atoms with Crippen molar-refractivity contribution in [2.45, 2.75) is 12.3 Å². The molecule has 0 amide bonds. The van der Waals surface area contributed by atoms with Gasteiger partial charge in [-0.2, -0.15) is 0 Å². The highest BCUT2D eigenvalue weighted by atomic mass is 16.4. The van der Waals surface area contributed by atoms with E-state index in [2.05, 4.69) is 11.5 Å². The molecule has 1 unspecified atom stereocenters. The van der Waals surface area contributed by atoms with E-state index in [4.69, 9.17) is 0 Å². The van der Waals surface area contributed by atoms with Crippen LogP contribution in [0, 0.1) is 0 Å². The van der Waals surface area contributed by atoms with E-state index >= 15 is 0 Å². The van der Waals surface area contributed by atoms with Crippen LogP contribution in [0.2, 0.25) is 0 Å². The second kappa shape index (κ2) is 11.6. The third-order valence-electron chi connectivity index (χ3n) is 1.86. The van der Waals surface area contributed by atoms with Gasteiger partial charge >= 0.3 is 0 Å². The van der Waals surface area contributed by atoms with Gasteiger partial charge in [0.1, 0.15) is 0 Å². The zero-order chi connectivity index (χ0) is 14.6. The van der Waals surface area contributed by atoms with Crippen molar-refractivity contribution in [2.24, 2.45) is 0 Å². The Kier molecular flexibility index (Phi) is 11.8. The number of carboxylic acids is 2. The van der Waals surface area contributed by atoms with Crippen molar-refractivity contribution in [3.63, 3.8) is 0 Å². The third kappa shape index (κ3) is 7.37. The third-order valence-corrected chi connectivity index (χ3v) is 1.86. The molecule has 0 saturated carbocycles. The molecule has 0 aliphatic heterocycles. The summed E-state index contributed by atoms with van der Waals surface area (Å²) >= 11 is 0. The Morgan fingerprint density at radius 3 is 1.83 bits per heavy atom. The second-order valence-electron chi connectivity index (χ2n) is 2.86. The summed E-state index contributed by atoms with van der Waals surface area (Å²) in [5, 5.41) is 20.9. The fourth-order valence-corrected chi connectivity index (χ4v) is 1.19. The average molecular weight is 256 g/mol. The molecule has 1 aromatic rings. The van der Waals surface area contributed by atoms with Crippen LogP contribution in [0.1, 0.15) is 17.9 Å².